The highest BCUT2D eigenvalue weighted by Gasteiger charge is 2.48. The van der Waals surface area contributed by atoms with Crippen LogP contribution in [0.4, 0.5) is 13.6 Å². The Morgan fingerprint density at radius 3 is 2.39 bits per heavy atom. The minimum absolute atomic E-state index is 0.0489. The Kier molecular flexibility index (Phi) is 10.1. The van der Waals surface area contributed by atoms with Crippen LogP contribution in [-0.4, -0.2) is 68.7 Å². The van der Waals surface area contributed by atoms with E-state index in [4.69, 9.17) is 4.74 Å². The Labute approximate surface area is 222 Å². The molecule has 6 atom stereocenters. The van der Waals surface area contributed by atoms with Gasteiger partial charge >= 0.3 is 22.0 Å². The van der Waals surface area contributed by atoms with Crippen molar-refractivity contribution in [1.82, 2.24) is 16.0 Å². The van der Waals surface area contributed by atoms with Gasteiger partial charge in [0.15, 0.2) is 0 Å². The molecule has 6 N–H and O–H groups in total. The van der Waals surface area contributed by atoms with Gasteiger partial charge in [0.1, 0.15) is 12.1 Å². The van der Waals surface area contributed by atoms with Crippen LogP contribution in [0.1, 0.15) is 65.2 Å². The minimum atomic E-state index is -4.71. The monoisotopic (exact) mass is 568 g/mol. The van der Waals surface area contributed by atoms with Gasteiger partial charge in [-0.25, -0.2) is 13.6 Å². The Balaban J connectivity index is 1.54. The number of nitrogens with one attached hydrogen (secondary N) is 3. The number of carbonyl (C=O) groups excluding carboxylic acids is 3. The molecule has 3 fully saturated rings. The van der Waals surface area contributed by atoms with Gasteiger partial charge in [0.25, 0.3) is 0 Å². The smallest absolute Gasteiger partial charge is 0.407 e. The molecule has 0 spiro atoms. The lowest BCUT2D eigenvalue weighted by Gasteiger charge is -2.28. The van der Waals surface area contributed by atoms with Crippen molar-refractivity contribution < 1.29 is 46.3 Å². The molecule has 218 valence electrons. The number of aliphatic hydroxyl groups is 1. The molecular weight excluding hydrogens is 528 g/mol. The van der Waals surface area contributed by atoms with E-state index in [2.05, 4.69) is 16.0 Å². The summed E-state index contributed by atoms with van der Waals surface area (Å²) in [6.45, 7) is 4.12. The highest BCUT2D eigenvalue weighted by atomic mass is 32.3. The van der Waals surface area contributed by atoms with Crippen molar-refractivity contribution in [2.24, 2.45) is 29.6 Å². The summed E-state index contributed by atoms with van der Waals surface area (Å²) >= 11 is 0. The Hall–Kier alpha value is -1.90. The molecule has 0 bridgehead atoms. The van der Waals surface area contributed by atoms with Crippen LogP contribution in [0.15, 0.2) is 0 Å². The zero-order valence-electron chi connectivity index (χ0n) is 21.7. The number of halogens is 2. The van der Waals surface area contributed by atoms with Gasteiger partial charge in [-0.2, -0.15) is 9.11 Å². The van der Waals surface area contributed by atoms with E-state index in [-0.39, 0.29) is 61.9 Å². The van der Waals surface area contributed by atoms with E-state index in [1.165, 1.54) is 0 Å². The number of amides is 3. The second-order valence-corrected chi connectivity index (χ2v) is 12.9. The van der Waals surface area contributed by atoms with E-state index >= 15 is 0 Å². The van der Waals surface area contributed by atoms with Crippen molar-refractivity contribution in [3.63, 3.8) is 0 Å². The quantitative estimate of drug-likeness (QED) is 0.195. The number of ether oxygens (including phenoxy) is 1. The van der Waals surface area contributed by atoms with E-state index < -0.39 is 51.9 Å². The fourth-order valence-electron chi connectivity index (χ4n) is 5.52. The van der Waals surface area contributed by atoms with Gasteiger partial charge in [0, 0.05) is 25.3 Å². The Bertz CT molecular complexity index is 907. The number of hydrogen-bond acceptors (Lipinski definition) is 6. The molecular formula is C24H40F2N3O8S+. The van der Waals surface area contributed by atoms with E-state index in [9.17, 15) is 41.6 Å². The molecule has 14 heteroatoms. The lowest BCUT2D eigenvalue weighted by atomic mass is 9.83. The molecule has 0 aromatic heterocycles. The van der Waals surface area contributed by atoms with E-state index in [0.717, 1.165) is 6.42 Å². The van der Waals surface area contributed by atoms with Crippen LogP contribution >= 0.6 is 0 Å². The Morgan fingerprint density at radius 1 is 1.18 bits per heavy atom. The number of carbonyl (C=O) groups is 3. The predicted molar refractivity (Wildman–Crippen MR) is 133 cm³/mol. The molecule has 0 aromatic carbocycles. The lowest BCUT2D eigenvalue weighted by Crippen LogP contribution is -2.55. The average molecular weight is 569 g/mol. The van der Waals surface area contributed by atoms with Gasteiger partial charge in [-0.05, 0) is 66.4 Å². The molecule has 11 nitrogen and oxygen atoms in total. The highest BCUT2D eigenvalue weighted by molar-refractivity contribution is 7.92. The maximum Gasteiger partial charge on any atom is 0.407 e. The van der Waals surface area contributed by atoms with Gasteiger partial charge in [0.05, 0.1) is 6.61 Å². The summed E-state index contributed by atoms with van der Waals surface area (Å²) in [4.78, 5) is 37.5. The SMILES string of the molecule is CC(C)C[C@H](NC(=O)OC[C@H]1C[C@@H]1C1CCC(F)(F)CC1)C(=O)N[C@@H](C[C@@H]1CCNC1=O)[C@H](O)[S+](=O)(O)O. The van der Waals surface area contributed by atoms with Crippen molar-refractivity contribution in [3.8, 4) is 0 Å². The average Bonchev–Trinajstić information content (AvgIpc) is 3.48. The van der Waals surface area contributed by atoms with Crippen LogP contribution in [-0.2, 0) is 29.0 Å². The Morgan fingerprint density at radius 2 is 1.84 bits per heavy atom. The summed E-state index contributed by atoms with van der Waals surface area (Å²) in [5.74, 6) is -3.85. The van der Waals surface area contributed by atoms with Crippen LogP contribution in [0.3, 0.4) is 0 Å². The zero-order chi connectivity index (χ0) is 28.3. The van der Waals surface area contributed by atoms with E-state index in [1.54, 1.807) is 0 Å². The fraction of sp³-hybridized carbons (Fsp3) is 0.875. The van der Waals surface area contributed by atoms with Gasteiger partial charge in [-0.3, -0.25) is 9.59 Å². The molecule has 1 aliphatic heterocycles. The van der Waals surface area contributed by atoms with Crippen molar-refractivity contribution >= 4 is 28.4 Å². The van der Waals surface area contributed by atoms with Crippen molar-refractivity contribution in [1.29, 1.82) is 0 Å². The van der Waals surface area contributed by atoms with Crippen molar-refractivity contribution in [2.45, 2.75) is 88.7 Å². The standard InChI is InChI=1S/C24H39F2N3O8S/c1-13(2)9-18(21(31)28-19(22(32)38(34,35)36)11-15-5-8-27-20(15)30)29-23(33)37-12-16-10-17(16)14-3-6-24(25,26)7-4-14/h13-19,22,32H,3-12H2,1-2H3,(H4-,27,28,29,30,31,33,34,35,36)/p+1/t15-,16+,17+,18-,19-,22+/m0/s1. The molecule has 3 rings (SSSR count). The largest absolute Gasteiger partial charge is 0.449 e. The van der Waals surface area contributed by atoms with Crippen molar-refractivity contribution in [3.05, 3.63) is 0 Å². The lowest BCUT2D eigenvalue weighted by molar-refractivity contribution is -0.126. The second kappa shape index (κ2) is 12.5. The number of alkyl carbamates (subject to hydrolysis) is 1. The van der Waals surface area contributed by atoms with Crippen LogP contribution in [0.2, 0.25) is 0 Å². The third-order valence-corrected chi connectivity index (χ3v) is 8.73. The summed E-state index contributed by atoms with van der Waals surface area (Å²) < 4.78 is 62.8. The van der Waals surface area contributed by atoms with Crippen LogP contribution in [0, 0.1) is 29.6 Å². The maximum absolute atomic E-state index is 13.4. The summed E-state index contributed by atoms with van der Waals surface area (Å²) in [5, 5.41) is 17.7. The van der Waals surface area contributed by atoms with Gasteiger partial charge in [0.2, 0.25) is 17.7 Å². The normalized spacial score (nSPS) is 27.8. The number of alkyl halides is 2. The van der Waals surface area contributed by atoms with Crippen LogP contribution in [0.5, 0.6) is 0 Å². The molecule has 2 aliphatic carbocycles. The topological polar surface area (TPSA) is 174 Å². The van der Waals surface area contributed by atoms with E-state index in [0.29, 0.717) is 25.8 Å². The zero-order valence-corrected chi connectivity index (χ0v) is 22.6. The van der Waals surface area contributed by atoms with Crippen molar-refractivity contribution in [2.75, 3.05) is 13.2 Å². The third-order valence-electron chi connectivity index (χ3n) is 7.78. The second-order valence-electron chi connectivity index (χ2n) is 11.3. The van der Waals surface area contributed by atoms with Gasteiger partial charge in [-0.1, -0.05) is 13.8 Å². The number of rotatable bonds is 12. The van der Waals surface area contributed by atoms with Gasteiger partial charge in [-0.15, -0.1) is 0 Å². The number of hydrogen-bond donors (Lipinski definition) is 6. The number of aliphatic hydroxyl groups excluding tert-OH is 1. The molecule has 1 saturated heterocycles. The maximum atomic E-state index is 13.4. The summed E-state index contributed by atoms with van der Waals surface area (Å²) in [5.41, 5.74) is -2.25. The minimum Gasteiger partial charge on any atom is -0.449 e. The molecule has 1 heterocycles. The molecule has 3 aliphatic rings. The fourth-order valence-corrected chi connectivity index (χ4v) is 6.13. The molecule has 0 aromatic rings. The predicted octanol–water partition coefficient (Wildman–Crippen LogP) is 2.36. The first-order valence-electron chi connectivity index (χ1n) is 13.2. The first kappa shape index (κ1) is 30.6. The van der Waals surface area contributed by atoms with E-state index in [1.807, 2.05) is 13.8 Å². The van der Waals surface area contributed by atoms with Crippen LogP contribution in [0.25, 0.3) is 0 Å². The van der Waals surface area contributed by atoms with Gasteiger partial charge < -0.3 is 25.8 Å². The molecule has 0 unspecified atom stereocenters. The summed E-state index contributed by atoms with van der Waals surface area (Å²) in [6, 6.07) is -2.54. The highest BCUT2D eigenvalue weighted by Crippen LogP contribution is 2.51. The molecule has 3 amide bonds. The molecule has 38 heavy (non-hydrogen) atoms. The third kappa shape index (κ3) is 8.82. The molecule has 2 saturated carbocycles. The summed E-state index contributed by atoms with van der Waals surface area (Å²) in [7, 11) is -4.71. The summed E-state index contributed by atoms with van der Waals surface area (Å²) in [6.07, 6.45) is 1.04. The first-order chi connectivity index (χ1) is 17.7. The molecule has 0 radical (unpaired) electrons. The van der Waals surface area contributed by atoms with Crippen LogP contribution < -0.4 is 16.0 Å². The first-order valence-corrected chi connectivity index (χ1v) is 14.7.